The maximum atomic E-state index is 12.3. The van der Waals surface area contributed by atoms with E-state index >= 15 is 0 Å². The van der Waals surface area contributed by atoms with Crippen LogP contribution in [0.25, 0.3) is 0 Å². The molecule has 0 saturated carbocycles. The molecule has 116 valence electrons. The van der Waals surface area contributed by atoms with Gasteiger partial charge < -0.3 is 10.4 Å². The fraction of sp³-hybridized carbons (Fsp3) is 0.385. The summed E-state index contributed by atoms with van der Waals surface area (Å²) in [5, 5.41) is 11.5. The van der Waals surface area contributed by atoms with Crippen molar-refractivity contribution in [2.45, 2.75) is 38.1 Å². The van der Waals surface area contributed by atoms with Crippen LogP contribution in [0.5, 0.6) is 0 Å². The van der Waals surface area contributed by atoms with Gasteiger partial charge in [-0.15, -0.1) is 0 Å². The number of carbonyl (C=O) groups excluding carboxylic acids is 1. The number of hydrogen-bond acceptors (Lipinski definition) is 4. The molecule has 0 aliphatic carbocycles. The Hall–Kier alpha value is -1.93. The zero-order chi connectivity index (χ0) is 16.4. The highest BCUT2D eigenvalue weighted by atomic mass is 32.2. The monoisotopic (exact) mass is 314 g/mol. The summed E-state index contributed by atoms with van der Waals surface area (Å²) in [6.45, 7) is 5.39. The number of nitrogens with one attached hydrogen (secondary N) is 2. The summed E-state index contributed by atoms with van der Waals surface area (Å²) in [6, 6.07) is 4.39. The maximum Gasteiger partial charge on any atom is 0.324 e. The van der Waals surface area contributed by atoms with Gasteiger partial charge in [-0.25, -0.2) is 8.42 Å². The van der Waals surface area contributed by atoms with E-state index in [0.29, 0.717) is 11.3 Å². The lowest BCUT2D eigenvalue weighted by Gasteiger charge is -2.21. The molecular weight excluding hydrogens is 296 g/mol. The molecule has 1 rings (SSSR count). The average Bonchev–Trinajstić information content (AvgIpc) is 2.29. The quantitative estimate of drug-likeness (QED) is 0.753. The van der Waals surface area contributed by atoms with Crippen molar-refractivity contribution in [1.82, 2.24) is 4.72 Å². The van der Waals surface area contributed by atoms with Gasteiger partial charge in [0.05, 0.1) is 4.90 Å². The van der Waals surface area contributed by atoms with Crippen LogP contribution in [-0.2, 0) is 19.6 Å². The van der Waals surface area contributed by atoms with Crippen LogP contribution in [0.1, 0.15) is 26.3 Å². The molecule has 0 heterocycles. The number of amides is 1. The lowest BCUT2D eigenvalue weighted by Crippen LogP contribution is -2.49. The first-order valence-electron chi connectivity index (χ1n) is 6.11. The second kappa shape index (κ2) is 5.82. The summed E-state index contributed by atoms with van der Waals surface area (Å²) in [7, 11) is -4.03. The van der Waals surface area contributed by atoms with Crippen molar-refractivity contribution >= 4 is 27.6 Å². The average molecular weight is 314 g/mol. The van der Waals surface area contributed by atoms with Gasteiger partial charge >= 0.3 is 5.97 Å². The number of rotatable bonds is 5. The molecule has 1 aromatic rings. The third-order valence-electron chi connectivity index (χ3n) is 2.72. The van der Waals surface area contributed by atoms with Crippen LogP contribution < -0.4 is 10.0 Å². The topological polar surface area (TPSA) is 113 Å². The van der Waals surface area contributed by atoms with Crippen molar-refractivity contribution < 1.29 is 23.1 Å². The minimum atomic E-state index is -4.03. The zero-order valence-corrected chi connectivity index (χ0v) is 13.0. The molecule has 8 heteroatoms. The highest BCUT2D eigenvalue weighted by molar-refractivity contribution is 7.89. The van der Waals surface area contributed by atoms with Crippen LogP contribution in [0.15, 0.2) is 23.1 Å². The van der Waals surface area contributed by atoms with Crippen LogP contribution in [0, 0.1) is 6.92 Å². The fourth-order valence-corrected chi connectivity index (χ4v) is 3.25. The van der Waals surface area contributed by atoms with Gasteiger partial charge in [-0.05, 0) is 38.5 Å². The Balaban J connectivity index is 3.25. The Morgan fingerprint density at radius 2 is 1.81 bits per heavy atom. The molecule has 0 atom stereocenters. The highest BCUT2D eigenvalue weighted by Crippen LogP contribution is 2.21. The second-order valence-corrected chi connectivity index (χ2v) is 6.85. The van der Waals surface area contributed by atoms with E-state index in [2.05, 4.69) is 10.0 Å². The van der Waals surface area contributed by atoms with Crippen LogP contribution in [0.3, 0.4) is 0 Å². The number of anilines is 1. The number of sulfonamides is 1. The van der Waals surface area contributed by atoms with Crippen molar-refractivity contribution in [3.05, 3.63) is 23.8 Å². The van der Waals surface area contributed by atoms with E-state index in [9.17, 15) is 18.0 Å². The lowest BCUT2D eigenvalue weighted by atomic mass is 10.1. The standard InChI is InChI=1S/C13H18N2O5S/c1-8-5-6-10(14-9(2)16)7-11(8)21(19,20)15-13(3,4)12(17)18/h5-7,15H,1-4H3,(H,14,16)(H,17,18). The first-order chi connectivity index (χ1) is 9.45. The number of aryl methyl sites for hydroxylation is 1. The molecule has 0 radical (unpaired) electrons. The minimum Gasteiger partial charge on any atom is -0.480 e. The summed E-state index contributed by atoms with van der Waals surface area (Å²) in [5.41, 5.74) is -0.880. The second-order valence-electron chi connectivity index (χ2n) is 5.20. The number of hydrogen-bond donors (Lipinski definition) is 3. The smallest absolute Gasteiger partial charge is 0.324 e. The highest BCUT2D eigenvalue weighted by Gasteiger charge is 2.33. The molecule has 21 heavy (non-hydrogen) atoms. The summed E-state index contributed by atoms with van der Waals surface area (Å²) < 4.78 is 26.8. The predicted octanol–water partition coefficient (Wildman–Crippen LogP) is 1.09. The van der Waals surface area contributed by atoms with E-state index in [0.717, 1.165) is 0 Å². The van der Waals surface area contributed by atoms with E-state index in [1.54, 1.807) is 13.0 Å². The van der Waals surface area contributed by atoms with Gasteiger partial charge in [0.25, 0.3) is 0 Å². The van der Waals surface area contributed by atoms with Crippen molar-refractivity contribution in [3.8, 4) is 0 Å². The van der Waals surface area contributed by atoms with Crippen molar-refractivity contribution in [3.63, 3.8) is 0 Å². The number of carboxylic acid groups (broad SMARTS) is 1. The predicted molar refractivity (Wildman–Crippen MR) is 77.5 cm³/mol. The molecule has 0 saturated heterocycles. The molecule has 0 fully saturated rings. The van der Waals surface area contributed by atoms with Gasteiger partial charge in [-0.1, -0.05) is 6.07 Å². The zero-order valence-electron chi connectivity index (χ0n) is 12.2. The van der Waals surface area contributed by atoms with Crippen LogP contribution in [-0.4, -0.2) is 30.9 Å². The molecule has 1 amide bonds. The SMILES string of the molecule is CC(=O)Nc1ccc(C)c(S(=O)(=O)NC(C)(C)C(=O)O)c1. The van der Waals surface area contributed by atoms with E-state index < -0.39 is 21.5 Å². The van der Waals surface area contributed by atoms with Crippen molar-refractivity contribution in [2.75, 3.05) is 5.32 Å². The van der Waals surface area contributed by atoms with Crippen molar-refractivity contribution in [1.29, 1.82) is 0 Å². The van der Waals surface area contributed by atoms with Crippen molar-refractivity contribution in [2.24, 2.45) is 0 Å². The molecule has 0 aliphatic heterocycles. The van der Waals surface area contributed by atoms with Gasteiger partial charge in [-0.3, -0.25) is 9.59 Å². The third kappa shape index (κ3) is 4.27. The van der Waals surface area contributed by atoms with Gasteiger partial charge in [0, 0.05) is 12.6 Å². The molecule has 1 aromatic carbocycles. The van der Waals surface area contributed by atoms with E-state index in [4.69, 9.17) is 5.11 Å². The minimum absolute atomic E-state index is 0.0805. The van der Waals surface area contributed by atoms with E-state index in [-0.39, 0.29) is 10.8 Å². The molecule has 0 aliphatic rings. The molecule has 7 nitrogen and oxygen atoms in total. The van der Waals surface area contributed by atoms with Crippen LogP contribution in [0.2, 0.25) is 0 Å². The maximum absolute atomic E-state index is 12.3. The summed E-state index contributed by atoms with van der Waals surface area (Å²) in [5.74, 6) is -1.62. The first-order valence-corrected chi connectivity index (χ1v) is 7.59. The Labute approximate surface area is 123 Å². The molecule has 0 bridgehead atoms. The van der Waals surface area contributed by atoms with Gasteiger partial charge in [0.1, 0.15) is 5.54 Å². The van der Waals surface area contributed by atoms with Gasteiger partial charge in [0.2, 0.25) is 15.9 Å². The van der Waals surface area contributed by atoms with Gasteiger partial charge in [0.15, 0.2) is 0 Å². The first kappa shape index (κ1) is 17.1. The molecule has 3 N–H and O–H groups in total. The Morgan fingerprint density at radius 1 is 1.24 bits per heavy atom. The molecule has 0 unspecified atom stereocenters. The molecule has 0 spiro atoms. The largest absolute Gasteiger partial charge is 0.480 e. The third-order valence-corrected chi connectivity index (χ3v) is 4.52. The Morgan fingerprint density at radius 3 is 2.29 bits per heavy atom. The van der Waals surface area contributed by atoms with E-state index in [1.165, 1.54) is 32.9 Å². The number of carboxylic acids is 1. The number of carbonyl (C=O) groups is 2. The van der Waals surface area contributed by atoms with Crippen LogP contribution in [0.4, 0.5) is 5.69 Å². The lowest BCUT2D eigenvalue weighted by molar-refractivity contribution is -0.142. The summed E-state index contributed by atoms with van der Waals surface area (Å²) in [6.07, 6.45) is 0. The molecule has 0 aromatic heterocycles. The normalized spacial score (nSPS) is 12.0. The Kier molecular flexibility index (Phi) is 4.75. The summed E-state index contributed by atoms with van der Waals surface area (Å²) >= 11 is 0. The number of aliphatic carboxylic acids is 1. The summed E-state index contributed by atoms with van der Waals surface area (Å²) in [4.78, 5) is 22.0. The van der Waals surface area contributed by atoms with Crippen LogP contribution >= 0.6 is 0 Å². The molecular formula is C13H18N2O5S. The fourth-order valence-electron chi connectivity index (χ4n) is 1.61. The van der Waals surface area contributed by atoms with E-state index in [1.807, 2.05) is 0 Å². The number of benzene rings is 1. The Bertz CT molecular complexity index is 680. The van der Waals surface area contributed by atoms with Gasteiger partial charge in [-0.2, -0.15) is 4.72 Å².